The number of aliphatic hydroxyl groups excluding tert-OH is 1. The van der Waals surface area contributed by atoms with Crippen LogP contribution in [0.5, 0.6) is 0 Å². The molecule has 0 aliphatic rings. The summed E-state index contributed by atoms with van der Waals surface area (Å²) in [6.07, 6.45) is 1.73. The van der Waals surface area contributed by atoms with Crippen LogP contribution < -0.4 is 0 Å². The molecule has 2 nitrogen and oxygen atoms in total. The minimum absolute atomic E-state index is 0.124. The zero-order valence-electron chi connectivity index (χ0n) is 5.37. The highest BCUT2D eigenvalue weighted by atomic mass is 127. The highest BCUT2D eigenvalue weighted by molar-refractivity contribution is 14.1. The monoisotopic (exact) mass is 249 g/mol. The van der Waals surface area contributed by atoms with E-state index >= 15 is 0 Å². The Bertz CT molecular complexity index is 190. The number of nitrogens with zero attached hydrogens (tertiary/aromatic N) is 1. The van der Waals surface area contributed by atoms with Gasteiger partial charge in [0.2, 0.25) is 0 Å². The SMILES string of the molecule is OCC(I)c1ccccn1. The second-order valence-corrected chi connectivity index (χ2v) is 3.41. The van der Waals surface area contributed by atoms with Crippen molar-refractivity contribution < 1.29 is 5.11 Å². The van der Waals surface area contributed by atoms with Crippen LogP contribution in [0.3, 0.4) is 0 Å². The normalized spacial score (nSPS) is 13.0. The standard InChI is InChI=1S/C7H8INO/c8-6(5-10)7-3-1-2-4-9-7/h1-4,6,10H,5H2. The fraction of sp³-hybridized carbons (Fsp3) is 0.286. The fourth-order valence-electron chi connectivity index (χ4n) is 0.655. The van der Waals surface area contributed by atoms with Gasteiger partial charge in [0.05, 0.1) is 16.2 Å². The molecule has 1 N–H and O–H groups in total. The second kappa shape index (κ2) is 3.88. The van der Waals surface area contributed by atoms with Crippen LogP contribution in [0.15, 0.2) is 24.4 Å². The summed E-state index contributed by atoms with van der Waals surface area (Å²) in [6, 6.07) is 5.70. The van der Waals surface area contributed by atoms with Crippen LogP contribution in [0.1, 0.15) is 9.62 Å². The van der Waals surface area contributed by atoms with E-state index in [1.807, 2.05) is 18.2 Å². The third kappa shape index (κ3) is 1.91. The largest absolute Gasteiger partial charge is 0.395 e. The van der Waals surface area contributed by atoms with E-state index in [2.05, 4.69) is 27.6 Å². The Hall–Kier alpha value is -0.160. The Morgan fingerprint density at radius 1 is 1.60 bits per heavy atom. The second-order valence-electron chi connectivity index (χ2n) is 1.90. The molecule has 10 heavy (non-hydrogen) atoms. The zero-order valence-corrected chi connectivity index (χ0v) is 7.52. The van der Waals surface area contributed by atoms with E-state index in [-0.39, 0.29) is 10.5 Å². The lowest BCUT2D eigenvalue weighted by Crippen LogP contribution is -1.96. The van der Waals surface area contributed by atoms with Crippen molar-refractivity contribution in [1.82, 2.24) is 4.98 Å². The quantitative estimate of drug-likeness (QED) is 0.637. The van der Waals surface area contributed by atoms with Crippen molar-refractivity contribution in [1.29, 1.82) is 0 Å². The van der Waals surface area contributed by atoms with Gasteiger partial charge in [-0.2, -0.15) is 0 Å². The number of hydrogen-bond donors (Lipinski definition) is 1. The van der Waals surface area contributed by atoms with Crippen LogP contribution in [0.25, 0.3) is 0 Å². The lowest BCUT2D eigenvalue weighted by molar-refractivity contribution is 0.299. The van der Waals surface area contributed by atoms with Gasteiger partial charge >= 0.3 is 0 Å². The van der Waals surface area contributed by atoms with Crippen molar-refractivity contribution in [2.24, 2.45) is 0 Å². The Kier molecular flexibility index (Phi) is 3.08. The lowest BCUT2D eigenvalue weighted by Gasteiger charge is -2.02. The first kappa shape index (κ1) is 7.94. The molecule has 54 valence electrons. The third-order valence-electron chi connectivity index (χ3n) is 1.17. The van der Waals surface area contributed by atoms with Crippen LogP contribution in [-0.4, -0.2) is 16.7 Å². The van der Waals surface area contributed by atoms with Crippen molar-refractivity contribution in [2.45, 2.75) is 3.92 Å². The van der Waals surface area contributed by atoms with Crippen LogP contribution >= 0.6 is 22.6 Å². The average Bonchev–Trinajstić information content (AvgIpc) is 2.05. The van der Waals surface area contributed by atoms with Gasteiger partial charge in [-0.1, -0.05) is 28.7 Å². The van der Waals surface area contributed by atoms with E-state index in [9.17, 15) is 0 Å². The molecule has 0 aliphatic heterocycles. The summed E-state index contributed by atoms with van der Waals surface area (Å²) in [6.45, 7) is 0.150. The number of aromatic nitrogens is 1. The first-order chi connectivity index (χ1) is 4.84. The maximum absolute atomic E-state index is 8.74. The van der Waals surface area contributed by atoms with Crippen molar-refractivity contribution >= 4 is 22.6 Å². The van der Waals surface area contributed by atoms with E-state index in [0.717, 1.165) is 5.69 Å². The predicted octanol–water partition coefficient (Wildman–Crippen LogP) is 1.55. The van der Waals surface area contributed by atoms with E-state index < -0.39 is 0 Å². The Morgan fingerprint density at radius 3 is 2.90 bits per heavy atom. The molecule has 1 aromatic rings. The molecule has 0 fully saturated rings. The molecule has 0 aliphatic carbocycles. The Labute approximate surface area is 73.4 Å². The molecular weight excluding hydrogens is 241 g/mol. The minimum Gasteiger partial charge on any atom is -0.395 e. The number of aliphatic hydroxyl groups is 1. The topological polar surface area (TPSA) is 33.1 Å². The Morgan fingerprint density at radius 2 is 2.40 bits per heavy atom. The average molecular weight is 249 g/mol. The van der Waals surface area contributed by atoms with E-state index in [1.165, 1.54) is 0 Å². The molecule has 0 saturated heterocycles. The van der Waals surface area contributed by atoms with Gasteiger partial charge in [-0.15, -0.1) is 0 Å². The highest BCUT2D eigenvalue weighted by Gasteiger charge is 2.04. The molecule has 0 saturated carbocycles. The number of halogens is 1. The molecule has 0 spiro atoms. The van der Waals surface area contributed by atoms with Crippen molar-refractivity contribution in [3.63, 3.8) is 0 Å². The van der Waals surface area contributed by atoms with Gasteiger partial charge in [0.25, 0.3) is 0 Å². The molecular formula is C7H8INO. The number of pyridine rings is 1. The van der Waals surface area contributed by atoms with Crippen LogP contribution in [0.2, 0.25) is 0 Å². The van der Waals surface area contributed by atoms with Crippen molar-refractivity contribution in [3.05, 3.63) is 30.1 Å². The van der Waals surface area contributed by atoms with E-state index in [1.54, 1.807) is 6.20 Å². The summed E-state index contributed by atoms with van der Waals surface area (Å²) in [4.78, 5) is 4.08. The lowest BCUT2D eigenvalue weighted by atomic mass is 10.3. The summed E-state index contributed by atoms with van der Waals surface area (Å²) in [5.74, 6) is 0. The first-order valence-electron chi connectivity index (χ1n) is 3.00. The van der Waals surface area contributed by atoms with Crippen LogP contribution in [0, 0.1) is 0 Å². The van der Waals surface area contributed by atoms with Crippen LogP contribution in [-0.2, 0) is 0 Å². The molecule has 0 aromatic carbocycles. The first-order valence-corrected chi connectivity index (χ1v) is 4.25. The van der Waals surface area contributed by atoms with Crippen molar-refractivity contribution in [2.75, 3.05) is 6.61 Å². The smallest absolute Gasteiger partial charge is 0.0762 e. The van der Waals surface area contributed by atoms with Gasteiger partial charge in [-0.05, 0) is 12.1 Å². The maximum atomic E-state index is 8.74. The zero-order chi connectivity index (χ0) is 7.40. The molecule has 1 unspecified atom stereocenters. The van der Waals surface area contributed by atoms with Gasteiger partial charge in [0, 0.05) is 6.20 Å². The summed E-state index contributed by atoms with van der Waals surface area (Å²) < 4.78 is 0.124. The number of alkyl halides is 1. The highest BCUT2D eigenvalue weighted by Crippen LogP contribution is 2.18. The third-order valence-corrected chi connectivity index (χ3v) is 2.20. The molecule has 3 heteroatoms. The van der Waals surface area contributed by atoms with Gasteiger partial charge in [0.1, 0.15) is 0 Å². The molecule has 1 heterocycles. The molecule has 0 bridgehead atoms. The van der Waals surface area contributed by atoms with Crippen LogP contribution in [0.4, 0.5) is 0 Å². The van der Waals surface area contributed by atoms with Crippen molar-refractivity contribution in [3.8, 4) is 0 Å². The fourth-order valence-corrected chi connectivity index (χ4v) is 1.02. The molecule has 1 rings (SSSR count). The van der Waals surface area contributed by atoms with Gasteiger partial charge in [-0.25, -0.2) is 0 Å². The van der Waals surface area contributed by atoms with Gasteiger partial charge in [0.15, 0.2) is 0 Å². The van der Waals surface area contributed by atoms with E-state index in [0.29, 0.717) is 0 Å². The predicted molar refractivity (Wildman–Crippen MR) is 48.1 cm³/mol. The molecule has 0 radical (unpaired) electrons. The summed E-state index contributed by atoms with van der Waals surface area (Å²) in [7, 11) is 0. The molecule has 1 atom stereocenters. The van der Waals surface area contributed by atoms with Gasteiger partial charge < -0.3 is 5.11 Å². The van der Waals surface area contributed by atoms with Gasteiger partial charge in [-0.3, -0.25) is 4.98 Å². The minimum atomic E-state index is 0.124. The molecule has 1 aromatic heterocycles. The number of rotatable bonds is 2. The molecule has 0 amide bonds. The van der Waals surface area contributed by atoms with E-state index in [4.69, 9.17) is 5.11 Å². The maximum Gasteiger partial charge on any atom is 0.0762 e. The summed E-state index contributed by atoms with van der Waals surface area (Å²) in [5, 5.41) is 8.74. The number of hydrogen-bond acceptors (Lipinski definition) is 2. The summed E-state index contributed by atoms with van der Waals surface area (Å²) >= 11 is 2.16. The Balaban J connectivity index is 2.75. The summed E-state index contributed by atoms with van der Waals surface area (Å²) in [5.41, 5.74) is 0.936.